The number of carboxylic acids is 1. The van der Waals surface area contributed by atoms with Gasteiger partial charge in [-0.2, -0.15) is 0 Å². The van der Waals surface area contributed by atoms with Crippen LogP contribution < -0.4 is 5.32 Å². The zero-order valence-electron chi connectivity index (χ0n) is 10.5. The standard InChI is InChI=1S/C11H10N4O5S/c16-10(6-1-2-8(13-6)15(19)20)12-4-3-9-14-7(5-21-9)11(17)18/h1-2,5,13H,3-4H2,(H,12,16)(H,17,18). The molecule has 0 aliphatic rings. The first-order valence-electron chi connectivity index (χ1n) is 5.76. The molecule has 0 spiro atoms. The van der Waals surface area contributed by atoms with Crippen molar-refractivity contribution in [3.63, 3.8) is 0 Å². The average molecular weight is 310 g/mol. The molecule has 0 atom stereocenters. The van der Waals surface area contributed by atoms with Gasteiger partial charge in [0.05, 0.1) is 5.01 Å². The lowest BCUT2D eigenvalue weighted by Gasteiger charge is -2.00. The summed E-state index contributed by atoms with van der Waals surface area (Å²) in [6.07, 6.45) is 0.381. The van der Waals surface area contributed by atoms with E-state index in [1.54, 1.807) is 0 Å². The number of aromatic nitrogens is 2. The predicted molar refractivity (Wildman–Crippen MR) is 72.6 cm³/mol. The Balaban J connectivity index is 1.85. The fourth-order valence-electron chi connectivity index (χ4n) is 1.52. The van der Waals surface area contributed by atoms with Gasteiger partial charge >= 0.3 is 11.8 Å². The monoisotopic (exact) mass is 310 g/mol. The molecule has 3 N–H and O–H groups in total. The molecular formula is C11H10N4O5S. The highest BCUT2D eigenvalue weighted by Gasteiger charge is 2.15. The smallest absolute Gasteiger partial charge is 0.355 e. The van der Waals surface area contributed by atoms with Gasteiger partial charge < -0.3 is 20.5 Å². The molecule has 21 heavy (non-hydrogen) atoms. The van der Waals surface area contributed by atoms with Crippen molar-refractivity contribution >= 4 is 29.0 Å². The SMILES string of the molecule is O=C(O)c1csc(CCNC(=O)c2ccc([N+](=O)[O-])[nH]2)n1. The quantitative estimate of drug-likeness (QED) is 0.538. The number of hydrogen-bond acceptors (Lipinski definition) is 6. The van der Waals surface area contributed by atoms with Crippen LogP contribution in [0.5, 0.6) is 0 Å². The number of carbonyl (C=O) groups excluding carboxylic acids is 1. The Hall–Kier alpha value is -2.75. The Labute approximate surface area is 121 Å². The first-order chi connectivity index (χ1) is 9.97. The van der Waals surface area contributed by atoms with Crippen molar-refractivity contribution in [2.75, 3.05) is 6.54 Å². The van der Waals surface area contributed by atoms with Crippen molar-refractivity contribution in [3.05, 3.63) is 44.0 Å². The third-order valence-electron chi connectivity index (χ3n) is 2.51. The number of aromatic carboxylic acids is 1. The second kappa shape index (κ2) is 6.13. The minimum atomic E-state index is -1.10. The number of rotatable bonds is 6. The summed E-state index contributed by atoms with van der Waals surface area (Å²) in [5.41, 5.74) is 0.0633. The molecule has 1 amide bonds. The van der Waals surface area contributed by atoms with Crippen LogP contribution in [0.4, 0.5) is 5.82 Å². The normalized spacial score (nSPS) is 10.3. The number of carbonyl (C=O) groups is 2. The fraction of sp³-hybridized carbons (Fsp3) is 0.182. The highest BCUT2D eigenvalue weighted by molar-refractivity contribution is 7.09. The lowest BCUT2D eigenvalue weighted by atomic mass is 10.4. The van der Waals surface area contributed by atoms with E-state index in [0.29, 0.717) is 11.4 Å². The number of amides is 1. The van der Waals surface area contributed by atoms with E-state index in [9.17, 15) is 19.7 Å². The first kappa shape index (κ1) is 14.7. The molecule has 0 fully saturated rings. The summed E-state index contributed by atoms with van der Waals surface area (Å²) in [7, 11) is 0. The summed E-state index contributed by atoms with van der Waals surface area (Å²) in [5.74, 6) is -1.83. The number of hydrogen-bond donors (Lipinski definition) is 3. The van der Waals surface area contributed by atoms with Crippen molar-refractivity contribution in [2.45, 2.75) is 6.42 Å². The second-order valence-corrected chi connectivity index (χ2v) is 4.89. The first-order valence-corrected chi connectivity index (χ1v) is 6.64. The Morgan fingerprint density at radius 2 is 2.24 bits per heavy atom. The zero-order valence-corrected chi connectivity index (χ0v) is 11.3. The molecule has 0 bridgehead atoms. The number of nitrogens with one attached hydrogen (secondary N) is 2. The van der Waals surface area contributed by atoms with Gasteiger partial charge in [0.1, 0.15) is 0 Å². The topological polar surface area (TPSA) is 138 Å². The van der Waals surface area contributed by atoms with Gasteiger partial charge in [-0.3, -0.25) is 4.79 Å². The largest absolute Gasteiger partial charge is 0.476 e. The molecule has 2 heterocycles. The van der Waals surface area contributed by atoms with Crippen molar-refractivity contribution < 1.29 is 19.6 Å². The molecule has 0 radical (unpaired) electrons. The van der Waals surface area contributed by atoms with Crippen LogP contribution in [0.25, 0.3) is 0 Å². The van der Waals surface area contributed by atoms with Crippen LogP contribution in [0, 0.1) is 10.1 Å². The summed E-state index contributed by atoms with van der Waals surface area (Å²) in [6.45, 7) is 0.248. The lowest BCUT2D eigenvalue weighted by Crippen LogP contribution is -2.26. The van der Waals surface area contributed by atoms with Crippen LogP contribution >= 0.6 is 11.3 Å². The number of nitro groups is 1. The Morgan fingerprint density at radius 1 is 1.48 bits per heavy atom. The van der Waals surface area contributed by atoms with Gasteiger partial charge in [0, 0.05) is 24.4 Å². The van der Waals surface area contributed by atoms with E-state index in [1.165, 1.54) is 28.8 Å². The van der Waals surface area contributed by atoms with Gasteiger partial charge in [-0.1, -0.05) is 0 Å². The van der Waals surface area contributed by atoms with Gasteiger partial charge in [-0.25, -0.2) is 14.8 Å². The maximum absolute atomic E-state index is 11.7. The molecule has 2 rings (SSSR count). The molecule has 0 unspecified atom stereocenters. The van der Waals surface area contributed by atoms with Crippen LogP contribution in [-0.4, -0.2) is 38.4 Å². The predicted octanol–water partition coefficient (Wildman–Crippen LogP) is 1.05. The Morgan fingerprint density at radius 3 is 2.81 bits per heavy atom. The van der Waals surface area contributed by atoms with Crippen LogP contribution in [0.2, 0.25) is 0 Å². The van der Waals surface area contributed by atoms with Crippen LogP contribution in [0.1, 0.15) is 26.0 Å². The van der Waals surface area contributed by atoms with Gasteiger partial charge in [0.15, 0.2) is 11.4 Å². The summed E-state index contributed by atoms with van der Waals surface area (Å²) >= 11 is 1.19. The number of carboxylic acid groups (broad SMARTS) is 1. The number of thiazole rings is 1. The molecule has 2 aromatic rings. The zero-order chi connectivity index (χ0) is 15.4. The molecule has 2 aromatic heterocycles. The minimum Gasteiger partial charge on any atom is -0.476 e. The second-order valence-electron chi connectivity index (χ2n) is 3.95. The molecule has 10 heteroatoms. The van der Waals surface area contributed by atoms with Crippen molar-refractivity contribution in [1.82, 2.24) is 15.3 Å². The third-order valence-corrected chi connectivity index (χ3v) is 3.42. The molecule has 0 aliphatic heterocycles. The Bertz CT molecular complexity index is 692. The average Bonchev–Trinajstić information content (AvgIpc) is 3.07. The highest BCUT2D eigenvalue weighted by Crippen LogP contribution is 2.11. The molecule has 110 valence electrons. The maximum atomic E-state index is 11.7. The van der Waals surface area contributed by atoms with E-state index in [1.807, 2.05) is 0 Å². The van der Waals surface area contributed by atoms with Crippen molar-refractivity contribution in [2.24, 2.45) is 0 Å². The summed E-state index contributed by atoms with van der Waals surface area (Å²) in [5, 5.41) is 23.8. The van der Waals surface area contributed by atoms with E-state index in [4.69, 9.17) is 5.11 Å². The van der Waals surface area contributed by atoms with Gasteiger partial charge in [-0.15, -0.1) is 11.3 Å². The fourth-order valence-corrected chi connectivity index (χ4v) is 2.30. The molecular weight excluding hydrogens is 300 g/mol. The van der Waals surface area contributed by atoms with Gasteiger partial charge in [0.25, 0.3) is 5.91 Å². The van der Waals surface area contributed by atoms with E-state index in [-0.39, 0.29) is 23.8 Å². The van der Waals surface area contributed by atoms with Crippen molar-refractivity contribution in [1.29, 1.82) is 0 Å². The van der Waals surface area contributed by atoms with E-state index in [0.717, 1.165) is 0 Å². The third kappa shape index (κ3) is 3.63. The van der Waals surface area contributed by atoms with Crippen LogP contribution in [-0.2, 0) is 6.42 Å². The van der Waals surface area contributed by atoms with E-state index in [2.05, 4.69) is 15.3 Å². The number of H-pyrrole nitrogens is 1. The number of nitrogens with zero attached hydrogens (tertiary/aromatic N) is 2. The summed E-state index contributed by atoms with van der Waals surface area (Å²) in [4.78, 5) is 38.5. The van der Waals surface area contributed by atoms with Crippen LogP contribution in [0.3, 0.4) is 0 Å². The summed E-state index contributed by atoms with van der Waals surface area (Å²) < 4.78 is 0. The van der Waals surface area contributed by atoms with Crippen molar-refractivity contribution in [3.8, 4) is 0 Å². The number of aromatic amines is 1. The van der Waals surface area contributed by atoms with Crippen LogP contribution in [0.15, 0.2) is 17.5 Å². The lowest BCUT2D eigenvalue weighted by molar-refractivity contribution is -0.389. The van der Waals surface area contributed by atoms with E-state index >= 15 is 0 Å². The molecule has 0 aliphatic carbocycles. The maximum Gasteiger partial charge on any atom is 0.355 e. The van der Waals surface area contributed by atoms with Gasteiger partial charge in [0.2, 0.25) is 0 Å². The highest BCUT2D eigenvalue weighted by atomic mass is 32.1. The van der Waals surface area contributed by atoms with Gasteiger partial charge in [-0.05, 0) is 11.0 Å². The molecule has 0 saturated heterocycles. The molecule has 0 saturated carbocycles. The Kier molecular flexibility index (Phi) is 4.28. The summed E-state index contributed by atoms with van der Waals surface area (Å²) in [6, 6.07) is 2.52. The minimum absolute atomic E-state index is 0.0266. The molecule has 0 aromatic carbocycles. The molecule has 9 nitrogen and oxygen atoms in total. The van der Waals surface area contributed by atoms with E-state index < -0.39 is 16.8 Å².